The molecule has 0 aliphatic heterocycles. The van der Waals surface area contributed by atoms with Crippen LogP contribution in [0.4, 0.5) is 28.4 Å². The Hall–Kier alpha value is -3.67. The van der Waals surface area contributed by atoms with E-state index < -0.39 is 20.6 Å². The van der Waals surface area contributed by atoms with Gasteiger partial charge in [-0.1, -0.05) is 18.2 Å². The highest BCUT2D eigenvalue weighted by atomic mass is 32.2. The number of nitro benzene ring substituents is 1. The SMILES string of the molecule is O=[N+]([O-])c1cc(S(=O)(=O)NCCO)ccc1Nc1ccc(N=Nc2ccccc2)cc1. The number of hydrogen-bond acceptors (Lipinski definition) is 8. The molecule has 0 bridgehead atoms. The third kappa shape index (κ3) is 5.92. The van der Waals surface area contributed by atoms with E-state index in [0.717, 1.165) is 6.07 Å². The van der Waals surface area contributed by atoms with Crippen LogP contribution >= 0.6 is 0 Å². The van der Waals surface area contributed by atoms with Gasteiger partial charge in [0.1, 0.15) is 5.69 Å². The van der Waals surface area contributed by atoms with Crippen LogP contribution in [0.15, 0.2) is 87.9 Å². The summed E-state index contributed by atoms with van der Waals surface area (Å²) in [4.78, 5) is 10.5. The molecule has 3 rings (SSSR count). The van der Waals surface area contributed by atoms with Crippen molar-refractivity contribution in [2.45, 2.75) is 4.90 Å². The zero-order chi connectivity index (χ0) is 22.3. The maximum Gasteiger partial charge on any atom is 0.294 e. The zero-order valence-electron chi connectivity index (χ0n) is 16.2. The van der Waals surface area contributed by atoms with E-state index in [1.807, 2.05) is 30.3 Å². The Morgan fingerprint density at radius 1 is 0.935 bits per heavy atom. The average Bonchev–Trinajstić information content (AvgIpc) is 2.78. The molecular weight excluding hydrogens is 422 g/mol. The van der Waals surface area contributed by atoms with Gasteiger partial charge in [-0.3, -0.25) is 10.1 Å². The maximum atomic E-state index is 12.2. The maximum absolute atomic E-state index is 12.2. The van der Waals surface area contributed by atoms with Crippen molar-refractivity contribution in [2.75, 3.05) is 18.5 Å². The number of nitrogens with one attached hydrogen (secondary N) is 2. The second-order valence-electron chi connectivity index (χ2n) is 6.26. The largest absolute Gasteiger partial charge is 0.395 e. The molecule has 0 radical (unpaired) electrons. The number of sulfonamides is 1. The van der Waals surface area contributed by atoms with Gasteiger partial charge in [-0.15, -0.1) is 0 Å². The first-order chi connectivity index (χ1) is 14.9. The monoisotopic (exact) mass is 441 g/mol. The fourth-order valence-corrected chi connectivity index (χ4v) is 3.62. The van der Waals surface area contributed by atoms with E-state index in [0.29, 0.717) is 17.1 Å². The summed E-state index contributed by atoms with van der Waals surface area (Å²) in [5.41, 5.74) is 1.59. The van der Waals surface area contributed by atoms with Gasteiger partial charge in [0.2, 0.25) is 10.0 Å². The summed E-state index contributed by atoms with van der Waals surface area (Å²) in [6.45, 7) is -0.577. The van der Waals surface area contributed by atoms with Crippen molar-refractivity contribution in [3.05, 3.63) is 82.9 Å². The molecule has 11 heteroatoms. The molecule has 3 N–H and O–H groups in total. The molecule has 0 amide bonds. The number of azo groups is 1. The lowest BCUT2D eigenvalue weighted by molar-refractivity contribution is -0.384. The van der Waals surface area contributed by atoms with E-state index in [-0.39, 0.29) is 23.7 Å². The molecule has 0 saturated carbocycles. The predicted molar refractivity (Wildman–Crippen MR) is 116 cm³/mol. The molecule has 160 valence electrons. The van der Waals surface area contributed by atoms with Crippen LogP contribution in [-0.4, -0.2) is 31.6 Å². The Bertz CT molecular complexity index is 1180. The van der Waals surface area contributed by atoms with Crippen molar-refractivity contribution < 1.29 is 18.4 Å². The highest BCUT2D eigenvalue weighted by Crippen LogP contribution is 2.31. The van der Waals surface area contributed by atoms with Crippen molar-refractivity contribution in [1.82, 2.24) is 4.72 Å². The molecule has 0 heterocycles. The second kappa shape index (κ2) is 9.89. The van der Waals surface area contributed by atoms with Crippen molar-refractivity contribution in [2.24, 2.45) is 10.2 Å². The highest BCUT2D eigenvalue weighted by molar-refractivity contribution is 7.89. The quantitative estimate of drug-likeness (QED) is 0.260. The van der Waals surface area contributed by atoms with Crippen molar-refractivity contribution >= 4 is 38.5 Å². The van der Waals surface area contributed by atoms with Crippen LogP contribution in [0.25, 0.3) is 0 Å². The molecule has 3 aromatic rings. The summed E-state index contributed by atoms with van der Waals surface area (Å²) in [5, 5.41) is 31.4. The lowest BCUT2D eigenvalue weighted by Crippen LogP contribution is -2.26. The third-order valence-corrected chi connectivity index (χ3v) is 5.52. The van der Waals surface area contributed by atoms with Gasteiger partial charge in [0.15, 0.2) is 0 Å². The second-order valence-corrected chi connectivity index (χ2v) is 8.03. The van der Waals surface area contributed by atoms with E-state index in [9.17, 15) is 18.5 Å². The molecular formula is C20H19N5O5S. The van der Waals surface area contributed by atoms with E-state index in [2.05, 4.69) is 20.3 Å². The summed E-state index contributed by atoms with van der Waals surface area (Å²) in [6, 6.07) is 19.5. The van der Waals surface area contributed by atoms with E-state index >= 15 is 0 Å². The normalized spacial score (nSPS) is 11.5. The summed E-state index contributed by atoms with van der Waals surface area (Å²) >= 11 is 0. The minimum Gasteiger partial charge on any atom is -0.395 e. The molecule has 0 aromatic heterocycles. The lowest BCUT2D eigenvalue weighted by atomic mass is 10.2. The fourth-order valence-electron chi connectivity index (χ4n) is 2.58. The number of aliphatic hydroxyl groups is 1. The van der Waals surface area contributed by atoms with Crippen LogP contribution in [0.1, 0.15) is 0 Å². The first-order valence-electron chi connectivity index (χ1n) is 9.12. The predicted octanol–water partition coefficient (Wildman–Crippen LogP) is 4.02. The van der Waals surface area contributed by atoms with Gasteiger partial charge >= 0.3 is 0 Å². The first-order valence-corrected chi connectivity index (χ1v) is 10.6. The number of anilines is 2. The van der Waals surface area contributed by atoms with Gasteiger partial charge < -0.3 is 10.4 Å². The molecule has 0 aliphatic rings. The minimum atomic E-state index is -3.97. The third-order valence-electron chi connectivity index (χ3n) is 4.06. The summed E-state index contributed by atoms with van der Waals surface area (Å²) in [7, 11) is -3.97. The Morgan fingerprint density at radius 2 is 1.58 bits per heavy atom. The van der Waals surface area contributed by atoms with Gasteiger partial charge in [-0.2, -0.15) is 10.2 Å². The number of aliphatic hydroxyl groups excluding tert-OH is 1. The van der Waals surface area contributed by atoms with Crippen molar-refractivity contribution in [3.8, 4) is 0 Å². The van der Waals surface area contributed by atoms with E-state index in [4.69, 9.17) is 5.11 Å². The van der Waals surface area contributed by atoms with Crippen LogP contribution in [0.2, 0.25) is 0 Å². The summed E-state index contributed by atoms with van der Waals surface area (Å²) in [6.07, 6.45) is 0. The van der Waals surface area contributed by atoms with Crippen molar-refractivity contribution in [3.63, 3.8) is 0 Å². The lowest BCUT2D eigenvalue weighted by Gasteiger charge is -2.10. The van der Waals surface area contributed by atoms with Gasteiger partial charge in [0, 0.05) is 18.3 Å². The Labute approximate surface area is 178 Å². The Morgan fingerprint density at radius 3 is 2.19 bits per heavy atom. The van der Waals surface area contributed by atoms with Gasteiger partial charge in [-0.25, -0.2) is 13.1 Å². The summed E-state index contributed by atoms with van der Waals surface area (Å²) < 4.78 is 26.5. The number of hydrogen-bond donors (Lipinski definition) is 3. The van der Waals surface area contributed by atoms with Gasteiger partial charge in [0.05, 0.1) is 27.8 Å². The molecule has 0 spiro atoms. The standard InChI is InChI=1S/C20H19N5O5S/c26-13-12-21-31(29,30)18-10-11-19(20(14-18)25(27)28)22-15-6-8-17(9-7-15)24-23-16-4-2-1-3-5-16/h1-11,14,21-22,26H,12-13H2. The van der Waals surface area contributed by atoms with Crippen molar-refractivity contribution in [1.29, 1.82) is 0 Å². The van der Waals surface area contributed by atoms with Crippen LogP contribution in [-0.2, 0) is 10.0 Å². The first kappa shape index (κ1) is 22.0. The smallest absolute Gasteiger partial charge is 0.294 e. The Balaban J connectivity index is 1.78. The topological polar surface area (TPSA) is 146 Å². The molecule has 31 heavy (non-hydrogen) atoms. The number of nitrogens with zero attached hydrogens (tertiary/aromatic N) is 3. The molecule has 0 atom stereocenters. The van der Waals surface area contributed by atoms with E-state index in [1.165, 1.54) is 12.1 Å². The van der Waals surface area contributed by atoms with Crippen LogP contribution in [0, 0.1) is 10.1 Å². The van der Waals surface area contributed by atoms with Crippen LogP contribution < -0.4 is 10.0 Å². The molecule has 0 aliphatic carbocycles. The van der Waals surface area contributed by atoms with Gasteiger partial charge in [-0.05, 0) is 48.5 Å². The minimum absolute atomic E-state index is 0.129. The molecule has 0 saturated heterocycles. The fraction of sp³-hybridized carbons (Fsp3) is 0.100. The van der Waals surface area contributed by atoms with E-state index in [1.54, 1.807) is 24.3 Å². The Kier molecular flexibility index (Phi) is 7.03. The highest BCUT2D eigenvalue weighted by Gasteiger charge is 2.21. The van der Waals surface area contributed by atoms with Gasteiger partial charge in [0.25, 0.3) is 5.69 Å². The summed E-state index contributed by atoms with van der Waals surface area (Å²) in [5.74, 6) is 0. The molecule has 3 aromatic carbocycles. The zero-order valence-corrected chi connectivity index (χ0v) is 17.0. The average molecular weight is 441 g/mol. The molecule has 10 nitrogen and oxygen atoms in total. The van der Waals surface area contributed by atoms with Crippen LogP contribution in [0.3, 0.4) is 0 Å². The van der Waals surface area contributed by atoms with Crippen LogP contribution in [0.5, 0.6) is 0 Å². The number of rotatable bonds is 9. The number of nitro groups is 1. The number of benzene rings is 3. The molecule has 0 fully saturated rings. The molecule has 0 unspecified atom stereocenters.